The fraction of sp³-hybridized carbons (Fsp3) is 0.182. The van der Waals surface area contributed by atoms with E-state index >= 15 is 0 Å². The second kappa shape index (κ2) is 5.69. The van der Waals surface area contributed by atoms with E-state index in [1.165, 1.54) is 0 Å². The summed E-state index contributed by atoms with van der Waals surface area (Å²) in [5, 5.41) is 8.24. The minimum Gasteiger partial charge on any atom is -0.353 e. The van der Waals surface area contributed by atoms with Crippen LogP contribution in [-0.2, 0) is 6.54 Å². The van der Waals surface area contributed by atoms with Gasteiger partial charge in [0.05, 0.1) is 0 Å². The fourth-order valence-electron chi connectivity index (χ4n) is 1.51. The van der Waals surface area contributed by atoms with E-state index < -0.39 is 0 Å². The van der Waals surface area contributed by atoms with Gasteiger partial charge in [-0.05, 0) is 29.3 Å². The summed E-state index contributed by atoms with van der Waals surface area (Å²) in [5.74, 6) is 0.483. The molecule has 1 heterocycles. The summed E-state index contributed by atoms with van der Waals surface area (Å²) in [6, 6.07) is 7.55. The molecule has 0 bridgehead atoms. The standard InChI is InChI=1S/C11H9Cl3N4/c1-18(6-7-3-2-4-8(12)5-7)10-9(13)16-17-11(14)15-10/h2-5H,6H2,1H3. The average molecular weight is 304 g/mol. The van der Waals surface area contributed by atoms with Gasteiger partial charge in [-0.1, -0.05) is 35.3 Å². The molecule has 0 aliphatic rings. The summed E-state index contributed by atoms with van der Waals surface area (Å²) in [6.45, 7) is 0.593. The maximum Gasteiger partial charge on any atom is 0.245 e. The Bertz CT molecular complexity index is 562. The van der Waals surface area contributed by atoms with E-state index in [9.17, 15) is 0 Å². The zero-order chi connectivity index (χ0) is 13.1. The number of hydrogen-bond donors (Lipinski definition) is 0. The lowest BCUT2D eigenvalue weighted by Gasteiger charge is -2.18. The molecule has 0 radical (unpaired) electrons. The van der Waals surface area contributed by atoms with Crippen LogP contribution in [0.4, 0.5) is 5.82 Å². The Morgan fingerprint density at radius 3 is 2.67 bits per heavy atom. The highest BCUT2D eigenvalue weighted by molar-refractivity contribution is 6.32. The molecule has 1 aromatic heterocycles. The van der Waals surface area contributed by atoms with Crippen molar-refractivity contribution in [3.05, 3.63) is 45.3 Å². The zero-order valence-corrected chi connectivity index (χ0v) is 11.7. The van der Waals surface area contributed by atoms with Crippen LogP contribution in [0.1, 0.15) is 5.56 Å². The first-order valence-corrected chi connectivity index (χ1v) is 6.21. The summed E-state index contributed by atoms with van der Waals surface area (Å²) < 4.78 is 0. The first-order chi connectivity index (χ1) is 8.56. The van der Waals surface area contributed by atoms with Gasteiger partial charge in [0.25, 0.3) is 0 Å². The van der Waals surface area contributed by atoms with Crippen molar-refractivity contribution in [2.75, 3.05) is 11.9 Å². The van der Waals surface area contributed by atoms with Crippen molar-refractivity contribution in [2.24, 2.45) is 0 Å². The van der Waals surface area contributed by atoms with E-state index in [1.807, 2.05) is 36.2 Å². The highest BCUT2D eigenvalue weighted by Gasteiger charge is 2.11. The quantitative estimate of drug-likeness (QED) is 0.870. The molecule has 0 amide bonds. The minimum atomic E-state index is 0.0624. The Kier molecular flexibility index (Phi) is 4.22. The maximum absolute atomic E-state index is 5.93. The van der Waals surface area contributed by atoms with Gasteiger partial charge in [0.1, 0.15) is 0 Å². The molecule has 0 fully saturated rings. The van der Waals surface area contributed by atoms with Gasteiger partial charge in [-0.3, -0.25) is 0 Å². The van der Waals surface area contributed by atoms with Crippen LogP contribution in [0.15, 0.2) is 24.3 Å². The molecule has 1 aromatic carbocycles. The molecule has 0 aliphatic carbocycles. The fourth-order valence-corrected chi connectivity index (χ4v) is 2.07. The van der Waals surface area contributed by atoms with E-state index in [1.54, 1.807) is 0 Å². The summed E-state index contributed by atoms with van der Waals surface area (Å²) in [4.78, 5) is 5.87. The van der Waals surface area contributed by atoms with Gasteiger partial charge in [0.15, 0.2) is 11.0 Å². The summed E-state index contributed by atoms with van der Waals surface area (Å²) in [5.41, 5.74) is 1.04. The molecule has 0 saturated heterocycles. The number of nitrogens with zero attached hydrogens (tertiary/aromatic N) is 4. The Balaban J connectivity index is 2.21. The Morgan fingerprint density at radius 1 is 1.17 bits per heavy atom. The molecule has 2 aromatic rings. The van der Waals surface area contributed by atoms with E-state index in [0.29, 0.717) is 17.4 Å². The lowest BCUT2D eigenvalue weighted by Crippen LogP contribution is -2.19. The predicted molar refractivity (Wildman–Crippen MR) is 73.4 cm³/mol. The van der Waals surface area contributed by atoms with Gasteiger partial charge in [-0.25, -0.2) is 0 Å². The van der Waals surface area contributed by atoms with Crippen LogP contribution < -0.4 is 4.90 Å². The SMILES string of the molecule is CN(Cc1cccc(Cl)c1)c1nc(Cl)nnc1Cl. The van der Waals surface area contributed by atoms with Crippen LogP contribution in [0.2, 0.25) is 15.5 Å². The maximum atomic E-state index is 5.93. The minimum absolute atomic E-state index is 0.0624. The molecule has 7 heteroatoms. The van der Waals surface area contributed by atoms with Gasteiger partial charge >= 0.3 is 0 Å². The van der Waals surface area contributed by atoms with Gasteiger partial charge in [0, 0.05) is 18.6 Å². The molecule has 0 unspecified atom stereocenters. The first-order valence-electron chi connectivity index (χ1n) is 5.07. The van der Waals surface area contributed by atoms with Gasteiger partial charge in [0.2, 0.25) is 5.28 Å². The highest BCUT2D eigenvalue weighted by atomic mass is 35.5. The van der Waals surface area contributed by atoms with Crippen LogP contribution in [0, 0.1) is 0 Å². The molecular formula is C11H9Cl3N4. The Hall–Kier alpha value is -1.10. The van der Waals surface area contributed by atoms with Crippen molar-refractivity contribution < 1.29 is 0 Å². The van der Waals surface area contributed by atoms with Crippen molar-refractivity contribution in [1.82, 2.24) is 15.2 Å². The predicted octanol–water partition coefficient (Wildman–Crippen LogP) is 3.47. The number of rotatable bonds is 3. The number of anilines is 1. The van der Waals surface area contributed by atoms with Crippen molar-refractivity contribution in [3.63, 3.8) is 0 Å². The highest BCUT2D eigenvalue weighted by Crippen LogP contribution is 2.22. The van der Waals surface area contributed by atoms with Crippen molar-refractivity contribution in [1.29, 1.82) is 0 Å². The van der Waals surface area contributed by atoms with Gasteiger partial charge in [-0.15, -0.1) is 10.2 Å². The smallest absolute Gasteiger partial charge is 0.245 e. The summed E-state index contributed by atoms with van der Waals surface area (Å²) in [6.07, 6.45) is 0. The molecule has 94 valence electrons. The Morgan fingerprint density at radius 2 is 1.94 bits per heavy atom. The monoisotopic (exact) mass is 302 g/mol. The molecule has 0 saturated carbocycles. The third-order valence-electron chi connectivity index (χ3n) is 2.27. The third kappa shape index (κ3) is 3.22. The number of halogens is 3. The van der Waals surface area contributed by atoms with Crippen LogP contribution in [0.25, 0.3) is 0 Å². The van der Waals surface area contributed by atoms with Crippen molar-refractivity contribution in [3.8, 4) is 0 Å². The van der Waals surface area contributed by atoms with E-state index in [0.717, 1.165) is 5.56 Å². The molecule has 4 nitrogen and oxygen atoms in total. The van der Waals surface area contributed by atoms with Crippen LogP contribution in [0.3, 0.4) is 0 Å². The van der Waals surface area contributed by atoms with E-state index in [4.69, 9.17) is 34.8 Å². The van der Waals surface area contributed by atoms with E-state index in [-0.39, 0.29) is 10.4 Å². The molecule has 0 atom stereocenters. The molecule has 2 rings (SSSR count). The lowest BCUT2D eigenvalue weighted by molar-refractivity contribution is 0.862. The normalized spacial score (nSPS) is 10.4. The molecule has 18 heavy (non-hydrogen) atoms. The Labute approximate surface area is 120 Å². The zero-order valence-electron chi connectivity index (χ0n) is 9.44. The van der Waals surface area contributed by atoms with Crippen LogP contribution >= 0.6 is 34.8 Å². The van der Waals surface area contributed by atoms with Crippen molar-refractivity contribution >= 4 is 40.6 Å². The average Bonchev–Trinajstić information content (AvgIpc) is 2.32. The number of aromatic nitrogens is 3. The molecule has 0 N–H and O–H groups in total. The lowest BCUT2D eigenvalue weighted by atomic mass is 10.2. The first kappa shape index (κ1) is 13.3. The molecular weight excluding hydrogens is 295 g/mol. The van der Waals surface area contributed by atoms with Crippen LogP contribution in [0.5, 0.6) is 0 Å². The topological polar surface area (TPSA) is 41.9 Å². The second-order valence-electron chi connectivity index (χ2n) is 3.68. The van der Waals surface area contributed by atoms with Gasteiger partial charge in [-0.2, -0.15) is 4.98 Å². The second-order valence-corrected chi connectivity index (χ2v) is 4.81. The van der Waals surface area contributed by atoms with Crippen molar-refractivity contribution in [2.45, 2.75) is 6.54 Å². The number of hydrogen-bond acceptors (Lipinski definition) is 4. The van der Waals surface area contributed by atoms with Gasteiger partial charge < -0.3 is 4.90 Å². The molecule has 0 spiro atoms. The number of benzene rings is 1. The largest absolute Gasteiger partial charge is 0.353 e. The summed E-state index contributed by atoms with van der Waals surface area (Å²) in [7, 11) is 1.84. The van der Waals surface area contributed by atoms with Crippen LogP contribution in [-0.4, -0.2) is 22.2 Å². The molecule has 0 aliphatic heterocycles. The third-order valence-corrected chi connectivity index (χ3v) is 2.91. The van der Waals surface area contributed by atoms with E-state index in [2.05, 4.69) is 15.2 Å². The summed E-state index contributed by atoms with van der Waals surface area (Å²) >= 11 is 17.6.